The molecule has 116 valence electrons. The highest BCUT2D eigenvalue weighted by Crippen LogP contribution is 2.21. The molecule has 2 aromatic carbocycles. The van der Waals surface area contributed by atoms with Crippen molar-refractivity contribution in [2.24, 2.45) is 0 Å². The summed E-state index contributed by atoms with van der Waals surface area (Å²) in [4.78, 5) is 12.5. The van der Waals surface area contributed by atoms with E-state index in [-0.39, 0.29) is 5.91 Å². The minimum absolute atomic E-state index is 0.110. The van der Waals surface area contributed by atoms with Crippen LogP contribution in [0.15, 0.2) is 42.5 Å². The van der Waals surface area contributed by atoms with Gasteiger partial charge < -0.3 is 10.1 Å². The smallest absolute Gasteiger partial charge is 0.265 e. The Morgan fingerprint density at radius 3 is 2.32 bits per heavy atom. The molecule has 1 atom stereocenters. The van der Waals surface area contributed by atoms with Gasteiger partial charge in [-0.2, -0.15) is 0 Å². The monoisotopic (exact) mass is 297 g/mol. The van der Waals surface area contributed by atoms with Gasteiger partial charge in [0.05, 0.1) is 0 Å². The Labute approximate surface area is 132 Å². The van der Waals surface area contributed by atoms with Crippen LogP contribution in [0.5, 0.6) is 5.75 Å². The molecule has 0 bridgehead atoms. The number of benzene rings is 2. The van der Waals surface area contributed by atoms with Crippen LogP contribution in [0.25, 0.3) is 0 Å². The molecular formula is C19H23NO2. The van der Waals surface area contributed by atoms with E-state index in [1.807, 2.05) is 70.2 Å². The molecule has 3 nitrogen and oxygen atoms in total. The molecule has 3 heteroatoms. The molecule has 0 aliphatic carbocycles. The number of amides is 1. The average molecular weight is 297 g/mol. The Kier molecular flexibility index (Phi) is 5.21. The summed E-state index contributed by atoms with van der Waals surface area (Å²) in [5.41, 5.74) is 4.10. The summed E-state index contributed by atoms with van der Waals surface area (Å²) in [6.07, 6.45) is 0.117. The van der Waals surface area contributed by atoms with Gasteiger partial charge in [0.2, 0.25) is 0 Å². The Hall–Kier alpha value is -2.29. The fourth-order valence-electron chi connectivity index (χ4n) is 2.39. The van der Waals surface area contributed by atoms with Crippen LogP contribution in [-0.2, 0) is 4.79 Å². The molecule has 22 heavy (non-hydrogen) atoms. The topological polar surface area (TPSA) is 38.3 Å². The molecule has 0 heterocycles. The highest BCUT2D eigenvalue weighted by molar-refractivity contribution is 5.95. The van der Waals surface area contributed by atoms with Crippen LogP contribution in [0.4, 0.5) is 5.69 Å². The van der Waals surface area contributed by atoms with E-state index in [0.717, 1.165) is 28.1 Å². The Morgan fingerprint density at radius 1 is 1.09 bits per heavy atom. The first kappa shape index (κ1) is 16.1. The van der Waals surface area contributed by atoms with Crippen LogP contribution >= 0.6 is 0 Å². The third kappa shape index (κ3) is 3.88. The van der Waals surface area contributed by atoms with Gasteiger partial charge in [-0.1, -0.05) is 37.3 Å². The summed E-state index contributed by atoms with van der Waals surface area (Å²) in [6, 6.07) is 13.7. The molecule has 1 N–H and O–H groups in total. The van der Waals surface area contributed by atoms with Crippen molar-refractivity contribution in [1.82, 2.24) is 0 Å². The summed E-state index contributed by atoms with van der Waals surface area (Å²) in [5.74, 6) is 0.616. The fraction of sp³-hybridized carbons (Fsp3) is 0.316. The summed E-state index contributed by atoms with van der Waals surface area (Å²) in [7, 11) is 0. The minimum atomic E-state index is -0.499. The lowest BCUT2D eigenvalue weighted by Crippen LogP contribution is -2.32. The van der Waals surface area contributed by atoms with Crippen molar-refractivity contribution in [2.75, 3.05) is 5.32 Å². The number of aryl methyl sites for hydroxylation is 3. The Morgan fingerprint density at radius 2 is 1.73 bits per heavy atom. The minimum Gasteiger partial charge on any atom is -0.481 e. The van der Waals surface area contributed by atoms with Crippen LogP contribution in [0, 0.1) is 20.8 Å². The number of carbonyl (C=O) groups excluding carboxylic acids is 1. The van der Waals surface area contributed by atoms with Crippen molar-refractivity contribution >= 4 is 11.6 Å². The summed E-state index contributed by atoms with van der Waals surface area (Å²) >= 11 is 0. The molecular weight excluding hydrogens is 274 g/mol. The third-order valence-corrected chi connectivity index (χ3v) is 3.66. The van der Waals surface area contributed by atoms with E-state index in [4.69, 9.17) is 4.74 Å². The van der Waals surface area contributed by atoms with Gasteiger partial charge in [-0.15, -0.1) is 0 Å². The summed E-state index contributed by atoms with van der Waals surface area (Å²) in [6.45, 7) is 7.94. The number of nitrogens with one attached hydrogen (secondary N) is 1. The number of carbonyl (C=O) groups is 1. The van der Waals surface area contributed by atoms with Crippen molar-refractivity contribution in [3.63, 3.8) is 0 Å². The standard InChI is InChI=1S/C19H23NO2/c1-5-17(22-16-11-6-8-13(2)12-16)19(21)20-18-14(3)9-7-10-15(18)4/h6-12,17H,5H2,1-4H3,(H,20,21)/t17-/m0/s1. The van der Waals surface area contributed by atoms with Crippen LogP contribution in [0.1, 0.15) is 30.0 Å². The van der Waals surface area contributed by atoms with Gasteiger partial charge in [-0.05, 0) is 56.0 Å². The van der Waals surface area contributed by atoms with Crippen LogP contribution in [0.2, 0.25) is 0 Å². The largest absolute Gasteiger partial charge is 0.481 e. The highest BCUT2D eigenvalue weighted by atomic mass is 16.5. The number of ether oxygens (including phenoxy) is 1. The van der Waals surface area contributed by atoms with Crippen LogP contribution in [0.3, 0.4) is 0 Å². The van der Waals surface area contributed by atoms with Gasteiger partial charge in [0.15, 0.2) is 6.10 Å². The van der Waals surface area contributed by atoms with Crippen molar-refractivity contribution in [1.29, 1.82) is 0 Å². The number of rotatable bonds is 5. The molecule has 2 rings (SSSR count). The highest BCUT2D eigenvalue weighted by Gasteiger charge is 2.19. The molecule has 0 spiro atoms. The van der Waals surface area contributed by atoms with Crippen molar-refractivity contribution in [2.45, 2.75) is 40.2 Å². The lowest BCUT2D eigenvalue weighted by molar-refractivity contribution is -0.122. The van der Waals surface area contributed by atoms with E-state index in [9.17, 15) is 4.79 Å². The molecule has 1 amide bonds. The maximum absolute atomic E-state index is 12.5. The first-order valence-electron chi connectivity index (χ1n) is 7.61. The molecule has 0 aromatic heterocycles. The lowest BCUT2D eigenvalue weighted by Gasteiger charge is -2.19. The van der Waals surface area contributed by atoms with Gasteiger partial charge in [-0.3, -0.25) is 4.79 Å². The van der Waals surface area contributed by atoms with Gasteiger partial charge in [-0.25, -0.2) is 0 Å². The average Bonchev–Trinajstić information content (AvgIpc) is 2.48. The van der Waals surface area contributed by atoms with Gasteiger partial charge in [0.25, 0.3) is 5.91 Å². The van der Waals surface area contributed by atoms with E-state index in [1.165, 1.54) is 0 Å². The molecule has 0 saturated heterocycles. The van der Waals surface area contributed by atoms with Crippen LogP contribution < -0.4 is 10.1 Å². The Bertz CT molecular complexity index is 644. The van der Waals surface area contributed by atoms with Crippen LogP contribution in [-0.4, -0.2) is 12.0 Å². The van der Waals surface area contributed by atoms with Crippen molar-refractivity contribution < 1.29 is 9.53 Å². The molecule has 0 unspecified atom stereocenters. The lowest BCUT2D eigenvalue weighted by atomic mass is 10.1. The zero-order valence-electron chi connectivity index (χ0n) is 13.6. The second-order valence-corrected chi connectivity index (χ2v) is 5.59. The first-order valence-corrected chi connectivity index (χ1v) is 7.61. The van der Waals surface area contributed by atoms with Gasteiger partial charge in [0.1, 0.15) is 5.75 Å². The predicted molar refractivity (Wildman–Crippen MR) is 90.4 cm³/mol. The molecule has 0 radical (unpaired) electrons. The quantitative estimate of drug-likeness (QED) is 0.888. The Balaban J connectivity index is 2.12. The predicted octanol–water partition coefficient (Wildman–Crippen LogP) is 4.41. The zero-order valence-corrected chi connectivity index (χ0v) is 13.6. The molecule has 2 aromatic rings. The van der Waals surface area contributed by atoms with Gasteiger partial charge in [0, 0.05) is 5.69 Å². The normalized spacial score (nSPS) is 11.8. The number of hydrogen-bond donors (Lipinski definition) is 1. The molecule has 0 aliphatic rings. The fourth-order valence-corrected chi connectivity index (χ4v) is 2.39. The van der Waals surface area contributed by atoms with Crippen molar-refractivity contribution in [3.05, 3.63) is 59.2 Å². The second-order valence-electron chi connectivity index (χ2n) is 5.59. The van der Waals surface area contributed by atoms with E-state index in [2.05, 4.69) is 5.32 Å². The van der Waals surface area contributed by atoms with E-state index in [1.54, 1.807) is 0 Å². The van der Waals surface area contributed by atoms with Gasteiger partial charge >= 0.3 is 0 Å². The van der Waals surface area contributed by atoms with E-state index < -0.39 is 6.10 Å². The summed E-state index contributed by atoms with van der Waals surface area (Å²) in [5, 5.41) is 3.00. The zero-order chi connectivity index (χ0) is 16.1. The number of anilines is 1. The SMILES string of the molecule is CC[C@H](Oc1cccc(C)c1)C(=O)Nc1c(C)cccc1C. The third-order valence-electron chi connectivity index (χ3n) is 3.66. The number of para-hydroxylation sites is 1. The maximum atomic E-state index is 12.5. The first-order chi connectivity index (χ1) is 10.5. The summed E-state index contributed by atoms with van der Waals surface area (Å²) < 4.78 is 5.85. The van der Waals surface area contributed by atoms with E-state index in [0.29, 0.717) is 6.42 Å². The second kappa shape index (κ2) is 7.12. The molecule has 0 fully saturated rings. The maximum Gasteiger partial charge on any atom is 0.265 e. The van der Waals surface area contributed by atoms with E-state index >= 15 is 0 Å². The van der Waals surface area contributed by atoms with Crippen molar-refractivity contribution in [3.8, 4) is 5.75 Å². The molecule has 0 saturated carbocycles. The molecule has 0 aliphatic heterocycles. The number of hydrogen-bond acceptors (Lipinski definition) is 2.